The number of aliphatic carboxylic acids is 1. The van der Waals surface area contributed by atoms with Gasteiger partial charge in [-0.3, -0.25) is 9.59 Å². The molecule has 0 atom stereocenters. The average molecular weight is 553 g/mol. The van der Waals surface area contributed by atoms with Gasteiger partial charge < -0.3 is 19.6 Å². The van der Waals surface area contributed by atoms with E-state index in [1.165, 1.54) is 12.1 Å². The fourth-order valence-corrected chi connectivity index (χ4v) is 4.17. The zero-order valence-corrected chi connectivity index (χ0v) is 21.6. The fourth-order valence-electron chi connectivity index (χ4n) is 4.17. The third-order valence-electron chi connectivity index (χ3n) is 6.22. The number of ether oxygens (including phenoxy) is 1. The number of oxazole rings is 1. The van der Waals surface area contributed by atoms with Gasteiger partial charge in [0.2, 0.25) is 5.89 Å². The zero-order chi connectivity index (χ0) is 28.7. The minimum absolute atomic E-state index is 0.111. The van der Waals surface area contributed by atoms with Crippen molar-refractivity contribution in [1.82, 2.24) is 10.3 Å². The predicted octanol–water partition coefficient (Wildman–Crippen LogP) is 6.24. The molecule has 208 valence electrons. The van der Waals surface area contributed by atoms with Gasteiger partial charge >= 0.3 is 12.1 Å². The van der Waals surface area contributed by atoms with E-state index >= 15 is 0 Å². The molecule has 4 aromatic rings. The van der Waals surface area contributed by atoms with Crippen molar-refractivity contribution in [3.05, 3.63) is 107 Å². The summed E-state index contributed by atoms with van der Waals surface area (Å²) >= 11 is 0. The number of halogens is 3. The molecule has 0 saturated carbocycles. The molecule has 0 aliphatic rings. The summed E-state index contributed by atoms with van der Waals surface area (Å²) in [7, 11) is 0. The normalized spacial score (nSPS) is 11.3. The number of nitrogens with zero attached hydrogens (tertiary/aromatic N) is 1. The van der Waals surface area contributed by atoms with Gasteiger partial charge in [-0.15, -0.1) is 0 Å². The van der Waals surface area contributed by atoms with E-state index in [0.29, 0.717) is 34.9 Å². The van der Waals surface area contributed by atoms with Crippen molar-refractivity contribution >= 4 is 11.9 Å². The number of carboxylic acids is 1. The topological polar surface area (TPSA) is 102 Å². The minimum Gasteiger partial charge on any atom is -0.493 e. The first-order valence-corrected chi connectivity index (χ1v) is 12.5. The molecular weight excluding hydrogens is 525 g/mol. The molecular formula is C30H27F3N2O5. The van der Waals surface area contributed by atoms with Gasteiger partial charge in [0.25, 0.3) is 5.91 Å². The number of aromatic nitrogens is 1. The Balaban J connectivity index is 1.45. The van der Waals surface area contributed by atoms with Crippen molar-refractivity contribution in [1.29, 1.82) is 0 Å². The number of hydrogen-bond acceptors (Lipinski definition) is 5. The standard InChI is InChI=1S/C30H27F3N2O5/c1-19-26(35-29(40-19)21-7-3-2-4-8-21)15-16-39-23-13-11-20(12-14-27(36)37)22(17-23)18-34-28(38)24-9-5-6-10-25(24)30(31,32)33/h2-11,13,17H,12,14-16,18H2,1H3,(H,34,38)(H,36,37). The number of amides is 1. The number of nitrogens with one attached hydrogen (secondary N) is 1. The van der Waals surface area contributed by atoms with E-state index < -0.39 is 29.2 Å². The van der Waals surface area contributed by atoms with Crippen LogP contribution in [0.25, 0.3) is 11.5 Å². The first-order valence-electron chi connectivity index (χ1n) is 12.5. The second-order valence-corrected chi connectivity index (χ2v) is 9.04. The Labute approximate surface area is 228 Å². The largest absolute Gasteiger partial charge is 0.493 e. The van der Waals surface area contributed by atoms with Gasteiger partial charge in [0.05, 0.1) is 23.4 Å². The lowest BCUT2D eigenvalue weighted by Gasteiger charge is -2.15. The number of alkyl halides is 3. The summed E-state index contributed by atoms with van der Waals surface area (Å²) in [5.41, 5.74) is 1.26. The molecule has 10 heteroatoms. The summed E-state index contributed by atoms with van der Waals surface area (Å²) in [5.74, 6) is -0.232. The second-order valence-electron chi connectivity index (χ2n) is 9.04. The molecule has 1 aromatic heterocycles. The van der Waals surface area contributed by atoms with Crippen LogP contribution in [0.5, 0.6) is 5.75 Å². The Kier molecular flexibility index (Phi) is 8.88. The van der Waals surface area contributed by atoms with E-state index in [-0.39, 0.29) is 26.0 Å². The van der Waals surface area contributed by atoms with Crippen LogP contribution in [-0.2, 0) is 30.4 Å². The van der Waals surface area contributed by atoms with Crippen molar-refractivity contribution in [3.8, 4) is 17.2 Å². The van der Waals surface area contributed by atoms with Crippen LogP contribution in [-0.4, -0.2) is 28.6 Å². The third-order valence-corrected chi connectivity index (χ3v) is 6.22. The number of aryl methyl sites for hydroxylation is 2. The summed E-state index contributed by atoms with van der Waals surface area (Å²) in [6.07, 6.45) is -4.19. The van der Waals surface area contributed by atoms with E-state index in [4.69, 9.17) is 14.3 Å². The highest BCUT2D eigenvalue weighted by Gasteiger charge is 2.34. The molecule has 40 heavy (non-hydrogen) atoms. The van der Waals surface area contributed by atoms with Crippen LogP contribution in [0.1, 0.15) is 44.9 Å². The molecule has 0 bridgehead atoms. The maximum atomic E-state index is 13.4. The minimum atomic E-state index is -4.68. The summed E-state index contributed by atoms with van der Waals surface area (Å²) < 4.78 is 51.7. The highest BCUT2D eigenvalue weighted by molar-refractivity contribution is 5.95. The highest BCUT2D eigenvalue weighted by Crippen LogP contribution is 2.32. The van der Waals surface area contributed by atoms with Crippen LogP contribution in [0.4, 0.5) is 13.2 Å². The molecule has 7 nitrogen and oxygen atoms in total. The first kappa shape index (κ1) is 28.4. The van der Waals surface area contributed by atoms with Gasteiger partial charge in [0.15, 0.2) is 0 Å². The molecule has 2 N–H and O–H groups in total. The molecule has 1 amide bonds. The summed E-state index contributed by atoms with van der Waals surface area (Å²) in [6.45, 7) is 1.98. The number of carbonyl (C=O) groups is 2. The highest BCUT2D eigenvalue weighted by atomic mass is 19.4. The molecule has 1 heterocycles. The molecule has 3 aromatic carbocycles. The van der Waals surface area contributed by atoms with E-state index in [1.807, 2.05) is 37.3 Å². The maximum Gasteiger partial charge on any atom is 0.417 e. The van der Waals surface area contributed by atoms with Crippen molar-refractivity contribution in [2.75, 3.05) is 6.61 Å². The van der Waals surface area contributed by atoms with Crippen LogP contribution >= 0.6 is 0 Å². The number of hydrogen-bond donors (Lipinski definition) is 2. The Morgan fingerprint density at radius 2 is 1.70 bits per heavy atom. The summed E-state index contributed by atoms with van der Waals surface area (Å²) in [4.78, 5) is 28.3. The van der Waals surface area contributed by atoms with Crippen LogP contribution in [0.15, 0.2) is 77.2 Å². The SMILES string of the molecule is Cc1oc(-c2ccccc2)nc1CCOc1ccc(CCC(=O)O)c(CNC(=O)c2ccccc2C(F)(F)F)c1. The van der Waals surface area contributed by atoms with Crippen molar-refractivity contribution in [3.63, 3.8) is 0 Å². The number of carbonyl (C=O) groups excluding carboxylic acids is 1. The monoisotopic (exact) mass is 552 g/mol. The van der Waals surface area contributed by atoms with Crippen molar-refractivity contribution in [2.45, 2.75) is 38.9 Å². The summed E-state index contributed by atoms with van der Waals surface area (Å²) in [5, 5.41) is 11.6. The Morgan fingerprint density at radius 1 is 0.975 bits per heavy atom. The van der Waals surface area contributed by atoms with Crippen LogP contribution in [0, 0.1) is 6.92 Å². The van der Waals surface area contributed by atoms with Gasteiger partial charge in [-0.2, -0.15) is 13.2 Å². The average Bonchev–Trinajstić information content (AvgIpc) is 3.31. The second kappa shape index (κ2) is 12.5. The zero-order valence-electron chi connectivity index (χ0n) is 21.6. The van der Waals surface area contributed by atoms with Crippen LogP contribution < -0.4 is 10.1 Å². The number of carboxylic acid groups (broad SMARTS) is 1. The lowest BCUT2D eigenvalue weighted by atomic mass is 10.0. The van der Waals surface area contributed by atoms with Crippen molar-refractivity contribution in [2.24, 2.45) is 0 Å². The lowest BCUT2D eigenvalue weighted by molar-refractivity contribution is -0.138. The molecule has 0 aliphatic carbocycles. The third kappa shape index (κ3) is 7.28. The molecule has 0 aliphatic heterocycles. The molecule has 0 radical (unpaired) electrons. The smallest absolute Gasteiger partial charge is 0.417 e. The molecule has 0 saturated heterocycles. The predicted molar refractivity (Wildman–Crippen MR) is 141 cm³/mol. The lowest BCUT2D eigenvalue weighted by Crippen LogP contribution is -2.26. The Hall–Kier alpha value is -4.60. The van der Waals surface area contributed by atoms with E-state index in [2.05, 4.69) is 10.3 Å². The van der Waals surface area contributed by atoms with Gasteiger partial charge in [-0.1, -0.05) is 36.4 Å². The van der Waals surface area contributed by atoms with E-state index in [1.54, 1.807) is 18.2 Å². The molecule has 0 fully saturated rings. The van der Waals surface area contributed by atoms with Crippen molar-refractivity contribution < 1.29 is 37.0 Å². The molecule has 0 spiro atoms. The van der Waals surface area contributed by atoms with Gasteiger partial charge in [-0.05, 0) is 60.9 Å². The maximum absolute atomic E-state index is 13.4. The van der Waals surface area contributed by atoms with Crippen LogP contribution in [0.3, 0.4) is 0 Å². The van der Waals surface area contributed by atoms with E-state index in [9.17, 15) is 22.8 Å². The Bertz CT molecular complexity index is 1480. The Morgan fingerprint density at radius 3 is 2.42 bits per heavy atom. The van der Waals surface area contributed by atoms with Gasteiger partial charge in [0, 0.05) is 24.9 Å². The van der Waals surface area contributed by atoms with E-state index in [0.717, 1.165) is 23.4 Å². The number of benzene rings is 3. The van der Waals surface area contributed by atoms with Crippen LogP contribution in [0.2, 0.25) is 0 Å². The van der Waals surface area contributed by atoms with Gasteiger partial charge in [0.1, 0.15) is 11.5 Å². The molecule has 4 rings (SSSR count). The molecule has 0 unspecified atom stereocenters. The van der Waals surface area contributed by atoms with Gasteiger partial charge in [-0.25, -0.2) is 4.98 Å². The number of rotatable bonds is 11. The summed E-state index contributed by atoms with van der Waals surface area (Å²) in [6, 6.07) is 19.1. The first-order chi connectivity index (χ1) is 19.1. The fraction of sp³-hybridized carbons (Fsp3) is 0.233. The quantitative estimate of drug-likeness (QED) is 0.229.